The number of aliphatic carboxylic acids is 2. The van der Waals surface area contributed by atoms with Gasteiger partial charge in [-0.1, -0.05) is 13.3 Å². The summed E-state index contributed by atoms with van der Waals surface area (Å²) in [6, 6.07) is 0. The summed E-state index contributed by atoms with van der Waals surface area (Å²) in [5.74, 6) is -2.18. The molecule has 0 radical (unpaired) electrons. The number of carbonyl (C=O) groups is 3. The van der Waals surface area contributed by atoms with Gasteiger partial charge in [0.25, 0.3) is 0 Å². The van der Waals surface area contributed by atoms with Crippen molar-refractivity contribution in [2.75, 3.05) is 6.61 Å². The molecule has 0 aromatic carbocycles. The van der Waals surface area contributed by atoms with E-state index in [1.54, 1.807) is 0 Å². The van der Waals surface area contributed by atoms with Crippen molar-refractivity contribution >= 4 is 17.9 Å². The zero-order chi connectivity index (χ0) is 17.4. The number of carboxylic acids is 2. The lowest BCUT2D eigenvalue weighted by molar-refractivity contribution is -0.143. The van der Waals surface area contributed by atoms with Gasteiger partial charge in [-0.15, -0.1) is 0 Å². The molecule has 1 aliphatic heterocycles. The normalized spacial score (nSPS) is 13.7. The number of aliphatic hydroxyl groups excluding tert-OH is 1. The highest BCUT2D eigenvalue weighted by Gasteiger charge is 2.05. The van der Waals surface area contributed by atoms with Crippen LogP contribution in [0, 0.1) is 0 Å². The third-order valence-corrected chi connectivity index (χ3v) is 2.39. The highest BCUT2D eigenvalue weighted by atomic mass is 16.5. The Hall–Kier alpha value is -1.67. The minimum atomic E-state index is -1.10. The lowest BCUT2D eigenvalue weighted by Gasteiger charge is -1.94. The number of aliphatic hydroxyl groups is 2. The predicted molar refractivity (Wildman–Crippen MR) is 77.1 cm³/mol. The summed E-state index contributed by atoms with van der Waals surface area (Å²) < 4.78 is 4.76. The Bertz CT molecular complexity index is 290. The second-order valence-corrected chi connectivity index (χ2v) is 4.59. The summed E-state index contributed by atoms with van der Waals surface area (Å²) in [4.78, 5) is 29.7. The Labute approximate surface area is 129 Å². The van der Waals surface area contributed by atoms with Crippen molar-refractivity contribution in [1.29, 1.82) is 0 Å². The maximum absolute atomic E-state index is 10.5. The topological polar surface area (TPSA) is 141 Å². The van der Waals surface area contributed by atoms with E-state index in [0.717, 1.165) is 25.7 Å². The molecule has 0 spiro atoms. The Morgan fingerprint density at radius 2 is 1.64 bits per heavy atom. The smallest absolute Gasteiger partial charge is 0.305 e. The van der Waals surface area contributed by atoms with Gasteiger partial charge < -0.3 is 25.2 Å². The van der Waals surface area contributed by atoms with Crippen molar-refractivity contribution in [1.82, 2.24) is 0 Å². The van der Waals surface area contributed by atoms with Crippen molar-refractivity contribution < 1.29 is 39.5 Å². The van der Waals surface area contributed by atoms with E-state index in [1.807, 2.05) is 6.92 Å². The quantitative estimate of drug-likeness (QED) is 0.436. The molecule has 0 unspecified atom stereocenters. The molecule has 4 N–H and O–H groups in total. The first kappa shape index (κ1) is 22.6. The number of cyclic esters (lactones) is 1. The molecule has 130 valence electrons. The second-order valence-electron chi connectivity index (χ2n) is 4.59. The van der Waals surface area contributed by atoms with Gasteiger partial charge in [-0.05, 0) is 25.7 Å². The van der Waals surface area contributed by atoms with E-state index in [1.165, 1.54) is 0 Å². The number of esters is 1. The van der Waals surface area contributed by atoms with Crippen LogP contribution in [0.3, 0.4) is 0 Å². The monoisotopic (exact) mass is 322 g/mol. The highest BCUT2D eigenvalue weighted by Crippen LogP contribution is 2.06. The van der Waals surface area contributed by atoms with Crippen molar-refractivity contribution in [2.24, 2.45) is 0 Å². The summed E-state index contributed by atoms with van der Waals surface area (Å²) in [7, 11) is 0. The third-order valence-electron chi connectivity index (χ3n) is 2.39. The van der Waals surface area contributed by atoms with Gasteiger partial charge in [0.2, 0.25) is 0 Å². The fraction of sp³-hybridized carbons (Fsp3) is 0.786. The zero-order valence-electron chi connectivity index (χ0n) is 12.9. The number of rotatable bonds is 5. The van der Waals surface area contributed by atoms with Crippen LogP contribution >= 0.6 is 0 Å². The maximum atomic E-state index is 10.5. The number of ether oxygens (including phenoxy) is 1. The van der Waals surface area contributed by atoms with Crippen molar-refractivity contribution in [2.45, 2.75) is 64.6 Å². The van der Waals surface area contributed by atoms with Gasteiger partial charge in [-0.25, -0.2) is 0 Å². The Morgan fingerprint density at radius 1 is 1.09 bits per heavy atom. The molecule has 8 nitrogen and oxygen atoms in total. The van der Waals surface area contributed by atoms with E-state index in [9.17, 15) is 14.4 Å². The van der Waals surface area contributed by atoms with Gasteiger partial charge in [0, 0.05) is 6.42 Å². The number of hydrogen-bond donors (Lipinski definition) is 4. The minimum absolute atomic E-state index is 0.0255. The molecule has 0 aromatic rings. The molecule has 8 heteroatoms. The van der Waals surface area contributed by atoms with Crippen LogP contribution in [0.4, 0.5) is 0 Å². The molecule has 1 fully saturated rings. The second kappa shape index (κ2) is 15.7. The molecule has 0 aromatic heterocycles. The van der Waals surface area contributed by atoms with Gasteiger partial charge in [-0.2, -0.15) is 0 Å². The fourth-order valence-corrected chi connectivity index (χ4v) is 1.28. The molecule has 0 aliphatic carbocycles. The van der Waals surface area contributed by atoms with Crippen LogP contribution in [0.25, 0.3) is 0 Å². The van der Waals surface area contributed by atoms with Crippen molar-refractivity contribution in [3.05, 3.63) is 0 Å². The largest absolute Gasteiger partial charge is 0.481 e. The predicted octanol–water partition coefficient (Wildman–Crippen LogP) is 1.14. The third kappa shape index (κ3) is 23.4. The molecule has 22 heavy (non-hydrogen) atoms. The van der Waals surface area contributed by atoms with E-state index < -0.39 is 18.2 Å². The van der Waals surface area contributed by atoms with Crippen LogP contribution in [0.15, 0.2) is 0 Å². The molecular formula is C14H26O8. The van der Waals surface area contributed by atoms with Gasteiger partial charge >= 0.3 is 17.9 Å². The first-order valence-electron chi connectivity index (χ1n) is 7.24. The molecule has 0 atom stereocenters. The fourth-order valence-electron chi connectivity index (χ4n) is 1.28. The summed E-state index contributed by atoms with van der Waals surface area (Å²) in [6.45, 7) is 2.54. The summed E-state index contributed by atoms with van der Waals surface area (Å²) >= 11 is 0. The number of hydrogen-bond acceptors (Lipinski definition) is 6. The summed E-state index contributed by atoms with van der Waals surface area (Å²) in [6.07, 6.45) is 3.45. The molecule has 0 amide bonds. The van der Waals surface area contributed by atoms with E-state index >= 15 is 0 Å². The zero-order valence-corrected chi connectivity index (χ0v) is 12.9. The van der Waals surface area contributed by atoms with Crippen molar-refractivity contribution in [3.8, 4) is 0 Å². The maximum Gasteiger partial charge on any atom is 0.305 e. The molecule has 1 rings (SSSR count). The van der Waals surface area contributed by atoms with Crippen LogP contribution in [-0.2, 0) is 19.1 Å². The highest BCUT2D eigenvalue weighted by molar-refractivity contribution is 5.75. The van der Waals surface area contributed by atoms with Crippen molar-refractivity contribution in [3.63, 3.8) is 0 Å². The van der Waals surface area contributed by atoms with E-state index in [0.29, 0.717) is 19.4 Å². The molecule has 0 saturated carbocycles. The first-order chi connectivity index (χ1) is 10.3. The average molecular weight is 322 g/mol. The standard InChI is InChI=1S/C6H10O2.C4H6O4.C4H10O2/c7-6-4-2-1-3-5-8-6;5-3(6)1-2-4(7)8;1-2-3-4(5)6/h1-5H2;1-2H2,(H,5,6)(H,7,8);4-6H,2-3H2,1H3. The molecule has 0 bridgehead atoms. The average Bonchev–Trinajstić information content (AvgIpc) is 2.65. The van der Waals surface area contributed by atoms with E-state index in [2.05, 4.69) is 0 Å². The van der Waals surface area contributed by atoms with Crippen LogP contribution in [0.1, 0.15) is 58.3 Å². The van der Waals surface area contributed by atoms with Gasteiger partial charge in [0.1, 0.15) is 0 Å². The summed E-state index contributed by atoms with van der Waals surface area (Å²) in [5.41, 5.74) is 0. The lowest BCUT2D eigenvalue weighted by Crippen LogP contribution is -2.01. The van der Waals surface area contributed by atoms with Gasteiger partial charge in [-0.3, -0.25) is 14.4 Å². The SMILES string of the molecule is CCCC(O)O.O=C(O)CCC(=O)O.O=C1CCCCCO1. The van der Waals surface area contributed by atoms with Gasteiger partial charge in [0.15, 0.2) is 6.29 Å². The minimum Gasteiger partial charge on any atom is -0.481 e. The summed E-state index contributed by atoms with van der Waals surface area (Å²) in [5, 5.41) is 32.0. The first-order valence-corrected chi connectivity index (χ1v) is 7.24. The Kier molecular flexibility index (Phi) is 16.1. The van der Waals surface area contributed by atoms with E-state index in [4.69, 9.17) is 25.2 Å². The van der Waals surface area contributed by atoms with Crippen LogP contribution in [0.2, 0.25) is 0 Å². The van der Waals surface area contributed by atoms with Gasteiger partial charge in [0.05, 0.1) is 19.4 Å². The molecule has 1 saturated heterocycles. The molecule has 1 aliphatic rings. The number of carbonyl (C=O) groups excluding carboxylic acids is 1. The van der Waals surface area contributed by atoms with Crippen LogP contribution in [0.5, 0.6) is 0 Å². The Morgan fingerprint density at radius 3 is 2.00 bits per heavy atom. The number of carboxylic acid groups (broad SMARTS) is 2. The Balaban J connectivity index is 0. The van der Waals surface area contributed by atoms with Crippen LogP contribution in [-0.4, -0.2) is 51.2 Å². The molecular weight excluding hydrogens is 296 g/mol. The van der Waals surface area contributed by atoms with E-state index in [-0.39, 0.29) is 18.8 Å². The lowest BCUT2D eigenvalue weighted by atomic mass is 10.2. The van der Waals surface area contributed by atoms with Crippen LogP contribution < -0.4 is 0 Å². The molecule has 1 heterocycles.